The molecule has 0 radical (unpaired) electrons. The third-order valence-electron chi connectivity index (χ3n) is 3.72. The quantitative estimate of drug-likeness (QED) is 0.875. The minimum atomic E-state index is -2.79. The Morgan fingerprint density at radius 1 is 1.29 bits per heavy atom. The molecule has 2 heterocycles. The van der Waals surface area contributed by atoms with E-state index in [1.54, 1.807) is 0 Å². The summed E-state index contributed by atoms with van der Waals surface area (Å²) in [7, 11) is 2.74. The Labute approximate surface area is 135 Å². The molecule has 0 aliphatic rings. The molecule has 0 saturated heterocycles. The van der Waals surface area contributed by atoms with Crippen LogP contribution in [0.2, 0.25) is 0 Å². The van der Waals surface area contributed by atoms with Crippen LogP contribution in [0.5, 0.6) is 0 Å². The van der Waals surface area contributed by atoms with Gasteiger partial charge < -0.3 is 9.88 Å². The molecular formula is C14H17F2N5O3. The highest BCUT2D eigenvalue weighted by Crippen LogP contribution is 2.19. The average molecular weight is 341 g/mol. The minimum Gasteiger partial charge on any atom is -0.320 e. The highest BCUT2D eigenvalue weighted by molar-refractivity contribution is 5.92. The third-order valence-corrected chi connectivity index (χ3v) is 3.72. The summed E-state index contributed by atoms with van der Waals surface area (Å²) in [6.45, 7) is 0.177. The Kier molecular flexibility index (Phi) is 4.67. The molecule has 10 heteroatoms. The monoisotopic (exact) mass is 341 g/mol. The second-order valence-corrected chi connectivity index (χ2v) is 5.40. The van der Waals surface area contributed by atoms with Gasteiger partial charge in [0.15, 0.2) is 0 Å². The molecule has 2 rings (SSSR count). The Morgan fingerprint density at radius 2 is 1.92 bits per heavy atom. The standard InChI is InChI=1S/C14H17F2N5O3/c1-7-9(8(2)21(18-7)13(15)16)5-11(22)17-10-6-19(3)14(24)20(4)12(10)23/h6,13H,5H2,1-4H3,(H,17,22). The molecule has 0 unspecified atom stereocenters. The lowest BCUT2D eigenvalue weighted by atomic mass is 10.1. The minimum absolute atomic E-state index is 0.0684. The van der Waals surface area contributed by atoms with Crippen LogP contribution in [0.15, 0.2) is 15.8 Å². The van der Waals surface area contributed by atoms with Crippen molar-refractivity contribution in [3.8, 4) is 0 Å². The van der Waals surface area contributed by atoms with E-state index in [4.69, 9.17) is 0 Å². The van der Waals surface area contributed by atoms with Crippen LogP contribution in [0.4, 0.5) is 14.5 Å². The molecule has 0 spiro atoms. The van der Waals surface area contributed by atoms with E-state index in [0.717, 1.165) is 9.13 Å². The maximum atomic E-state index is 12.8. The summed E-state index contributed by atoms with van der Waals surface area (Å²) in [6.07, 6.45) is 1.00. The van der Waals surface area contributed by atoms with E-state index in [-0.39, 0.29) is 17.8 Å². The fourth-order valence-electron chi connectivity index (χ4n) is 2.39. The van der Waals surface area contributed by atoms with Crippen LogP contribution < -0.4 is 16.6 Å². The van der Waals surface area contributed by atoms with Crippen molar-refractivity contribution in [2.24, 2.45) is 14.1 Å². The molecular weight excluding hydrogens is 324 g/mol. The van der Waals surface area contributed by atoms with E-state index < -0.39 is 23.7 Å². The number of amides is 1. The van der Waals surface area contributed by atoms with Crippen molar-refractivity contribution >= 4 is 11.6 Å². The lowest BCUT2D eigenvalue weighted by Gasteiger charge is -2.09. The highest BCUT2D eigenvalue weighted by atomic mass is 19.3. The van der Waals surface area contributed by atoms with Gasteiger partial charge in [0.2, 0.25) is 5.91 Å². The highest BCUT2D eigenvalue weighted by Gasteiger charge is 2.20. The number of hydrogen-bond acceptors (Lipinski definition) is 4. The molecule has 1 N–H and O–H groups in total. The van der Waals surface area contributed by atoms with Gasteiger partial charge in [-0.3, -0.25) is 14.2 Å². The van der Waals surface area contributed by atoms with Crippen molar-refractivity contribution in [2.45, 2.75) is 26.8 Å². The summed E-state index contributed by atoms with van der Waals surface area (Å²) >= 11 is 0. The smallest absolute Gasteiger partial charge is 0.320 e. The molecule has 1 amide bonds. The number of hydrogen-bond donors (Lipinski definition) is 1. The Bertz CT molecular complexity index is 910. The zero-order valence-electron chi connectivity index (χ0n) is 13.6. The number of anilines is 1. The molecule has 2 aromatic heterocycles. The number of aryl methyl sites for hydroxylation is 2. The van der Waals surface area contributed by atoms with Crippen molar-refractivity contribution in [1.29, 1.82) is 0 Å². The summed E-state index contributed by atoms with van der Waals surface area (Å²) in [5, 5.41) is 6.11. The average Bonchev–Trinajstić information content (AvgIpc) is 2.78. The van der Waals surface area contributed by atoms with Gasteiger partial charge in [-0.1, -0.05) is 0 Å². The Balaban J connectivity index is 2.27. The summed E-state index contributed by atoms with van der Waals surface area (Å²) in [5.74, 6) is -0.564. The van der Waals surface area contributed by atoms with Crippen LogP contribution in [0.1, 0.15) is 23.5 Å². The first kappa shape index (κ1) is 17.6. The molecule has 0 aliphatic heterocycles. The normalized spacial score (nSPS) is 11.1. The van der Waals surface area contributed by atoms with Crippen LogP contribution >= 0.6 is 0 Å². The molecule has 0 saturated carbocycles. The molecule has 24 heavy (non-hydrogen) atoms. The molecule has 0 fully saturated rings. The van der Waals surface area contributed by atoms with Gasteiger partial charge in [-0.15, -0.1) is 0 Å². The van der Waals surface area contributed by atoms with E-state index in [9.17, 15) is 23.2 Å². The molecule has 0 bridgehead atoms. The van der Waals surface area contributed by atoms with Gasteiger partial charge in [-0.2, -0.15) is 13.9 Å². The molecule has 0 aromatic carbocycles. The van der Waals surface area contributed by atoms with E-state index in [1.165, 1.54) is 34.1 Å². The van der Waals surface area contributed by atoms with E-state index in [1.807, 2.05) is 0 Å². The molecule has 130 valence electrons. The summed E-state index contributed by atoms with van der Waals surface area (Å²) in [4.78, 5) is 35.7. The topological polar surface area (TPSA) is 90.9 Å². The van der Waals surface area contributed by atoms with Gasteiger partial charge >= 0.3 is 12.2 Å². The van der Waals surface area contributed by atoms with Crippen LogP contribution in [0.3, 0.4) is 0 Å². The molecule has 8 nitrogen and oxygen atoms in total. The van der Waals surface area contributed by atoms with Gasteiger partial charge in [0.05, 0.1) is 12.1 Å². The fraction of sp³-hybridized carbons (Fsp3) is 0.429. The second kappa shape index (κ2) is 6.38. The molecule has 0 aliphatic carbocycles. The maximum absolute atomic E-state index is 12.8. The van der Waals surface area contributed by atoms with Crippen molar-refractivity contribution in [2.75, 3.05) is 5.32 Å². The van der Waals surface area contributed by atoms with Gasteiger partial charge in [0.1, 0.15) is 5.69 Å². The van der Waals surface area contributed by atoms with Crippen LogP contribution in [0.25, 0.3) is 0 Å². The van der Waals surface area contributed by atoms with Crippen LogP contribution in [-0.2, 0) is 25.3 Å². The lowest BCUT2D eigenvalue weighted by molar-refractivity contribution is -0.115. The van der Waals surface area contributed by atoms with Gasteiger partial charge in [-0.25, -0.2) is 9.48 Å². The zero-order valence-corrected chi connectivity index (χ0v) is 13.6. The van der Waals surface area contributed by atoms with Crippen molar-refractivity contribution in [3.63, 3.8) is 0 Å². The molecule has 2 aromatic rings. The number of nitrogens with zero attached hydrogens (tertiary/aromatic N) is 4. The first-order chi connectivity index (χ1) is 11.1. The van der Waals surface area contributed by atoms with Crippen molar-refractivity contribution in [3.05, 3.63) is 44.0 Å². The van der Waals surface area contributed by atoms with E-state index >= 15 is 0 Å². The summed E-state index contributed by atoms with van der Waals surface area (Å²) < 4.78 is 28.2. The summed E-state index contributed by atoms with van der Waals surface area (Å²) in [5.41, 5.74) is -0.371. The number of alkyl halides is 2. The number of carbonyl (C=O) groups excluding carboxylic acids is 1. The second-order valence-electron chi connectivity index (χ2n) is 5.40. The third kappa shape index (κ3) is 3.12. The lowest BCUT2D eigenvalue weighted by Crippen LogP contribution is -2.38. The predicted molar refractivity (Wildman–Crippen MR) is 82.2 cm³/mol. The van der Waals surface area contributed by atoms with E-state index in [0.29, 0.717) is 15.9 Å². The fourth-order valence-corrected chi connectivity index (χ4v) is 2.39. The number of carbonyl (C=O) groups is 1. The van der Waals surface area contributed by atoms with Gasteiger partial charge in [0.25, 0.3) is 5.56 Å². The van der Waals surface area contributed by atoms with Gasteiger partial charge in [-0.05, 0) is 13.8 Å². The van der Waals surface area contributed by atoms with Crippen molar-refractivity contribution < 1.29 is 13.6 Å². The molecule has 0 atom stereocenters. The van der Waals surface area contributed by atoms with Crippen LogP contribution in [0, 0.1) is 13.8 Å². The first-order valence-electron chi connectivity index (χ1n) is 7.02. The number of halogens is 2. The van der Waals surface area contributed by atoms with Crippen LogP contribution in [-0.4, -0.2) is 24.8 Å². The van der Waals surface area contributed by atoms with E-state index in [2.05, 4.69) is 10.4 Å². The number of aromatic nitrogens is 4. The zero-order chi connectivity index (χ0) is 18.2. The Morgan fingerprint density at radius 3 is 2.46 bits per heavy atom. The first-order valence-corrected chi connectivity index (χ1v) is 7.02. The SMILES string of the molecule is Cc1nn(C(F)F)c(C)c1CC(=O)Nc1cn(C)c(=O)n(C)c1=O. The predicted octanol–water partition coefficient (Wildman–Crippen LogP) is 0.474. The summed E-state index contributed by atoms with van der Waals surface area (Å²) in [6, 6.07) is 0. The largest absolute Gasteiger partial charge is 0.333 e. The van der Waals surface area contributed by atoms with Crippen molar-refractivity contribution in [1.82, 2.24) is 18.9 Å². The van der Waals surface area contributed by atoms with Gasteiger partial charge in [0, 0.05) is 31.5 Å². The Hall–Kier alpha value is -2.78. The number of nitrogens with one attached hydrogen (secondary N) is 1. The number of rotatable bonds is 4. The maximum Gasteiger partial charge on any atom is 0.333 e.